The molecule has 0 bridgehead atoms. The van der Waals surface area contributed by atoms with E-state index in [0.29, 0.717) is 6.54 Å². The van der Waals surface area contributed by atoms with Crippen molar-refractivity contribution in [3.05, 3.63) is 24.4 Å². The van der Waals surface area contributed by atoms with E-state index in [-0.39, 0.29) is 5.91 Å². The van der Waals surface area contributed by atoms with E-state index < -0.39 is 5.54 Å². The molecule has 1 amide bonds. The molecule has 1 aromatic heterocycles. The Morgan fingerprint density at radius 1 is 1.45 bits per heavy atom. The Balaban J connectivity index is 1.85. The maximum Gasteiger partial charge on any atom is 0.278 e. The zero-order chi connectivity index (χ0) is 16.2. The van der Waals surface area contributed by atoms with Crippen molar-refractivity contribution in [1.82, 2.24) is 4.90 Å². The average molecular weight is 303 g/mol. The molecule has 0 atom stereocenters. The lowest BCUT2D eigenvalue weighted by Gasteiger charge is -2.32. The topological polar surface area (TPSA) is 65.9 Å². The summed E-state index contributed by atoms with van der Waals surface area (Å²) in [6, 6.07) is 8.23. The summed E-state index contributed by atoms with van der Waals surface area (Å²) in [5.74, 6) is 1.15. The van der Waals surface area contributed by atoms with Crippen LogP contribution in [-0.4, -0.2) is 56.1 Å². The highest BCUT2D eigenvalue weighted by Crippen LogP contribution is 2.10. The number of pyridine rings is 1. The Bertz CT molecular complexity index is 543. The predicted molar refractivity (Wildman–Crippen MR) is 83.2 cm³/mol. The second kappa shape index (κ2) is 6.75. The van der Waals surface area contributed by atoms with Crippen molar-refractivity contribution in [3.8, 4) is 6.07 Å². The smallest absolute Gasteiger partial charge is 0.278 e. The van der Waals surface area contributed by atoms with Crippen molar-refractivity contribution in [1.29, 1.82) is 5.26 Å². The summed E-state index contributed by atoms with van der Waals surface area (Å²) in [7, 11) is 1.71. The molecule has 2 N–H and O–H groups in total. The van der Waals surface area contributed by atoms with Gasteiger partial charge in [-0.1, -0.05) is 6.07 Å². The number of nitriles is 1. The van der Waals surface area contributed by atoms with Crippen LogP contribution in [0.2, 0.25) is 0 Å². The third-order valence-electron chi connectivity index (χ3n) is 4.39. The minimum absolute atomic E-state index is 0.0290. The van der Waals surface area contributed by atoms with Crippen molar-refractivity contribution in [2.24, 2.45) is 0 Å². The van der Waals surface area contributed by atoms with Gasteiger partial charge in [0.25, 0.3) is 11.7 Å². The SMILES string of the molecule is CN(C(=O)C[NH+]1CCN(c2cccc[nH+]2)CC1)C(C)(C)C#N. The van der Waals surface area contributed by atoms with Crippen molar-refractivity contribution in [3.63, 3.8) is 0 Å². The number of rotatable bonds is 4. The highest BCUT2D eigenvalue weighted by Gasteiger charge is 2.32. The number of amides is 1. The standard InChI is InChI=1S/C16H23N5O/c1-16(2,13-17)19(3)15(22)12-20-8-10-21(11-9-20)14-6-4-5-7-18-14/h4-7H,8-12H2,1-3H3/p+2. The molecular formula is C16H25N5O+2. The number of hydrogen-bond donors (Lipinski definition) is 1. The number of aromatic amines is 1. The molecule has 1 aliphatic heterocycles. The average Bonchev–Trinajstić information content (AvgIpc) is 2.55. The molecule has 0 saturated carbocycles. The molecule has 2 heterocycles. The fourth-order valence-corrected chi connectivity index (χ4v) is 2.54. The van der Waals surface area contributed by atoms with Gasteiger partial charge in [0.15, 0.2) is 6.54 Å². The zero-order valence-electron chi connectivity index (χ0n) is 13.6. The van der Waals surface area contributed by atoms with Crippen LogP contribution in [0.1, 0.15) is 13.8 Å². The minimum atomic E-state index is -0.753. The van der Waals surface area contributed by atoms with Gasteiger partial charge < -0.3 is 9.80 Å². The van der Waals surface area contributed by atoms with Crippen LogP contribution in [-0.2, 0) is 4.79 Å². The number of piperazine rings is 1. The van der Waals surface area contributed by atoms with Gasteiger partial charge in [-0.3, -0.25) is 9.69 Å². The van der Waals surface area contributed by atoms with Gasteiger partial charge >= 0.3 is 0 Å². The summed E-state index contributed by atoms with van der Waals surface area (Å²) in [4.78, 5) is 20.7. The molecule has 22 heavy (non-hydrogen) atoms. The lowest BCUT2D eigenvalue weighted by Crippen LogP contribution is -3.16. The summed E-state index contributed by atoms with van der Waals surface area (Å²) in [5.41, 5.74) is -0.753. The minimum Gasteiger partial charge on any atom is -0.323 e. The number of anilines is 1. The van der Waals surface area contributed by atoms with Crippen LogP contribution in [0.3, 0.4) is 0 Å². The highest BCUT2D eigenvalue weighted by molar-refractivity contribution is 5.78. The van der Waals surface area contributed by atoms with E-state index in [1.807, 2.05) is 18.3 Å². The maximum absolute atomic E-state index is 12.3. The number of likely N-dealkylation sites (N-methyl/N-ethyl adjacent to an activating group) is 1. The Hall–Kier alpha value is -2.13. The lowest BCUT2D eigenvalue weighted by molar-refractivity contribution is -0.892. The largest absolute Gasteiger partial charge is 0.323 e. The third-order valence-corrected chi connectivity index (χ3v) is 4.39. The number of quaternary nitrogens is 1. The molecule has 6 nitrogen and oxygen atoms in total. The molecule has 1 saturated heterocycles. The van der Waals surface area contributed by atoms with Crippen LogP contribution in [0.4, 0.5) is 5.82 Å². The summed E-state index contributed by atoms with van der Waals surface area (Å²) < 4.78 is 0. The summed E-state index contributed by atoms with van der Waals surface area (Å²) in [5, 5.41) is 9.12. The van der Waals surface area contributed by atoms with Crippen molar-refractivity contribution in [2.45, 2.75) is 19.4 Å². The van der Waals surface area contributed by atoms with Crippen molar-refractivity contribution in [2.75, 3.05) is 44.7 Å². The molecule has 0 aliphatic carbocycles. The van der Waals surface area contributed by atoms with Crippen molar-refractivity contribution >= 4 is 11.7 Å². The van der Waals surface area contributed by atoms with Crippen LogP contribution in [0.5, 0.6) is 0 Å². The van der Waals surface area contributed by atoms with Crippen molar-refractivity contribution < 1.29 is 14.7 Å². The first kappa shape index (κ1) is 16.2. The van der Waals surface area contributed by atoms with Crippen LogP contribution < -0.4 is 14.8 Å². The van der Waals surface area contributed by atoms with Gasteiger partial charge in [0.2, 0.25) is 0 Å². The summed E-state index contributed by atoms with van der Waals surface area (Å²) in [6.07, 6.45) is 1.93. The van der Waals surface area contributed by atoms with E-state index >= 15 is 0 Å². The van der Waals surface area contributed by atoms with Crippen LogP contribution in [0.15, 0.2) is 24.4 Å². The number of hydrogen-bond acceptors (Lipinski definition) is 3. The zero-order valence-corrected chi connectivity index (χ0v) is 13.6. The third kappa shape index (κ3) is 3.74. The Labute approximate surface area is 131 Å². The van der Waals surface area contributed by atoms with Gasteiger partial charge in [-0.05, 0) is 19.9 Å². The molecular weight excluding hydrogens is 278 g/mol. The number of nitrogens with zero attached hydrogens (tertiary/aromatic N) is 3. The van der Waals surface area contributed by atoms with E-state index in [9.17, 15) is 4.79 Å². The van der Waals surface area contributed by atoms with E-state index in [1.165, 1.54) is 4.90 Å². The van der Waals surface area contributed by atoms with Gasteiger partial charge in [0.05, 0.1) is 12.3 Å². The molecule has 118 valence electrons. The molecule has 0 aromatic carbocycles. The maximum atomic E-state index is 12.3. The second-order valence-corrected chi connectivity index (χ2v) is 6.29. The normalized spacial score (nSPS) is 16.2. The van der Waals surface area contributed by atoms with Crippen LogP contribution in [0, 0.1) is 11.3 Å². The molecule has 0 unspecified atom stereocenters. The number of aromatic nitrogens is 1. The number of nitrogens with one attached hydrogen (secondary N) is 2. The number of H-pyrrole nitrogens is 1. The Kier molecular flexibility index (Phi) is 4.99. The quantitative estimate of drug-likeness (QED) is 0.773. The van der Waals surface area contributed by atoms with E-state index in [2.05, 4.69) is 22.0 Å². The van der Waals surface area contributed by atoms with Gasteiger partial charge in [0.1, 0.15) is 31.7 Å². The lowest BCUT2D eigenvalue weighted by atomic mass is 10.1. The highest BCUT2D eigenvalue weighted by atomic mass is 16.2. The number of carbonyl (C=O) groups is 1. The van der Waals surface area contributed by atoms with Gasteiger partial charge in [-0.25, -0.2) is 4.98 Å². The van der Waals surface area contributed by atoms with Crippen LogP contribution >= 0.6 is 0 Å². The molecule has 1 fully saturated rings. The molecule has 2 rings (SSSR count). The van der Waals surface area contributed by atoms with E-state index in [4.69, 9.17) is 5.26 Å². The Morgan fingerprint density at radius 3 is 2.68 bits per heavy atom. The fraction of sp³-hybridized carbons (Fsp3) is 0.562. The molecule has 0 radical (unpaired) electrons. The first-order valence-electron chi connectivity index (χ1n) is 7.67. The number of carbonyl (C=O) groups excluding carboxylic acids is 1. The van der Waals surface area contributed by atoms with E-state index in [0.717, 1.165) is 32.0 Å². The molecule has 0 spiro atoms. The predicted octanol–water partition coefficient (Wildman–Crippen LogP) is -1.03. The summed E-state index contributed by atoms with van der Waals surface area (Å²) >= 11 is 0. The fourth-order valence-electron chi connectivity index (χ4n) is 2.54. The monoisotopic (exact) mass is 303 g/mol. The first-order valence-corrected chi connectivity index (χ1v) is 7.67. The van der Waals surface area contributed by atoms with E-state index in [1.54, 1.807) is 25.8 Å². The Morgan fingerprint density at radius 2 is 2.14 bits per heavy atom. The molecule has 6 heteroatoms. The molecule has 1 aromatic rings. The first-order chi connectivity index (χ1) is 10.4. The second-order valence-electron chi connectivity index (χ2n) is 6.29. The van der Waals surface area contributed by atoms with Crippen LogP contribution in [0.25, 0.3) is 0 Å². The van der Waals surface area contributed by atoms with Gasteiger partial charge in [0, 0.05) is 13.1 Å². The van der Waals surface area contributed by atoms with Gasteiger partial charge in [-0.2, -0.15) is 5.26 Å². The summed E-state index contributed by atoms with van der Waals surface area (Å²) in [6.45, 7) is 7.69. The molecule has 1 aliphatic rings. The van der Waals surface area contributed by atoms with Gasteiger partial charge in [-0.15, -0.1) is 0 Å².